The van der Waals surface area contributed by atoms with Crippen LogP contribution in [0.4, 0.5) is 10.1 Å². The Morgan fingerprint density at radius 3 is 2.54 bits per heavy atom. The van der Waals surface area contributed by atoms with Gasteiger partial charge in [-0.15, -0.1) is 0 Å². The molecule has 0 spiro atoms. The molecule has 1 aliphatic heterocycles. The molecule has 4 rings (SSSR count). The number of nitrogen functional groups attached to an aromatic ring is 1. The van der Waals surface area contributed by atoms with Crippen LogP contribution < -0.4 is 27.7 Å². The maximum atomic E-state index is 15.1. The van der Waals surface area contributed by atoms with E-state index in [0.717, 1.165) is 19.3 Å². The third-order valence-electron chi connectivity index (χ3n) is 5.78. The molecule has 1 saturated carbocycles. The van der Waals surface area contributed by atoms with E-state index in [-0.39, 0.29) is 23.0 Å². The summed E-state index contributed by atoms with van der Waals surface area (Å²) in [6, 6.07) is 1.70. The highest BCUT2D eigenvalue weighted by Gasteiger charge is 2.32. The van der Waals surface area contributed by atoms with Gasteiger partial charge in [0, 0.05) is 30.7 Å². The smallest absolute Gasteiger partial charge is 0.350 e. The van der Waals surface area contributed by atoms with Crippen LogP contribution in [-0.2, 0) is 0 Å². The largest absolute Gasteiger partial charge is 0.369 e. The Hall–Kier alpha value is -2.35. The number of aryl methyl sites for hydroxylation is 1. The molecule has 2 heterocycles. The molecule has 26 heavy (non-hydrogen) atoms. The second kappa shape index (κ2) is 5.84. The Labute approximate surface area is 150 Å². The quantitative estimate of drug-likeness (QED) is 0.789. The number of aromatic nitrogens is 2. The summed E-state index contributed by atoms with van der Waals surface area (Å²) >= 11 is 0. The maximum Gasteiger partial charge on any atom is 0.350 e. The van der Waals surface area contributed by atoms with Crippen LogP contribution >= 0.6 is 0 Å². The van der Waals surface area contributed by atoms with Crippen LogP contribution in [0.1, 0.15) is 37.8 Å². The maximum absolute atomic E-state index is 15.1. The first-order valence-electron chi connectivity index (χ1n) is 9.07. The number of fused-ring (bicyclic) bond motifs is 1. The van der Waals surface area contributed by atoms with Crippen molar-refractivity contribution in [2.75, 3.05) is 23.8 Å². The number of nitrogens with zero attached hydrogens (tertiary/aromatic N) is 3. The van der Waals surface area contributed by atoms with Crippen molar-refractivity contribution >= 4 is 16.6 Å². The first kappa shape index (κ1) is 17.1. The lowest BCUT2D eigenvalue weighted by Gasteiger charge is -2.23. The van der Waals surface area contributed by atoms with Crippen molar-refractivity contribution in [3.8, 4) is 0 Å². The molecule has 1 aromatic carbocycles. The lowest BCUT2D eigenvalue weighted by atomic mass is 10.0. The zero-order chi connectivity index (χ0) is 18.7. The van der Waals surface area contributed by atoms with Crippen molar-refractivity contribution in [1.82, 2.24) is 9.24 Å². The highest BCUT2D eigenvalue weighted by molar-refractivity contribution is 5.86. The lowest BCUT2D eigenvalue weighted by molar-refractivity contribution is 0.487. The van der Waals surface area contributed by atoms with E-state index in [1.165, 1.54) is 0 Å². The van der Waals surface area contributed by atoms with Crippen LogP contribution in [0.15, 0.2) is 15.7 Å². The van der Waals surface area contributed by atoms with Gasteiger partial charge in [0.05, 0.1) is 16.6 Å². The SMILES string of the molecule is Cc1c(F)c(N2CC[C@H]([C@@H](C)N)C2)cc2c1c(=O)n(N)c(=O)n2C1CC1. The summed E-state index contributed by atoms with van der Waals surface area (Å²) in [6.45, 7) is 4.91. The van der Waals surface area contributed by atoms with E-state index in [2.05, 4.69) is 0 Å². The number of halogens is 1. The van der Waals surface area contributed by atoms with Gasteiger partial charge >= 0.3 is 5.69 Å². The molecule has 4 N–H and O–H groups in total. The van der Waals surface area contributed by atoms with Gasteiger partial charge in [0.2, 0.25) is 0 Å². The van der Waals surface area contributed by atoms with Crippen LogP contribution in [0.5, 0.6) is 0 Å². The van der Waals surface area contributed by atoms with E-state index in [1.807, 2.05) is 11.8 Å². The Morgan fingerprint density at radius 1 is 1.27 bits per heavy atom. The van der Waals surface area contributed by atoms with Gasteiger partial charge in [-0.2, -0.15) is 4.68 Å². The molecule has 1 aromatic heterocycles. The lowest BCUT2D eigenvalue weighted by Crippen LogP contribution is -2.44. The number of hydrogen-bond acceptors (Lipinski definition) is 5. The zero-order valence-electron chi connectivity index (χ0n) is 15.0. The molecule has 2 aliphatic rings. The minimum absolute atomic E-state index is 0.0218. The molecular formula is C18H24FN5O2. The second-order valence-corrected chi connectivity index (χ2v) is 7.64. The van der Waals surface area contributed by atoms with Gasteiger partial charge < -0.3 is 16.5 Å². The number of benzene rings is 1. The molecule has 2 atom stereocenters. The van der Waals surface area contributed by atoms with Crippen molar-refractivity contribution in [2.45, 2.75) is 45.2 Å². The monoisotopic (exact) mass is 361 g/mol. The minimum atomic E-state index is -0.653. The first-order valence-corrected chi connectivity index (χ1v) is 9.07. The molecule has 1 aliphatic carbocycles. The summed E-state index contributed by atoms with van der Waals surface area (Å²) in [5.74, 6) is 5.54. The fourth-order valence-corrected chi connectivity index (χ4v) is 4.00. The van der Waals surface area contributed by atoms with Crippen molar-refractivity contribution in [1.29, 1.82) is 0 Å². The Balaban J connectivity index is 1.96. The third-order valence-corrected chi connectivity index (χ3v) is 5.78. The fourth-order valence-electron chi connectivity index (χ4n) is 4.00. The van der Waals surface area contributed by atoms with Crippen molar-refractivity contribution < 1.29 is 4.39 Å². The third kappa shape index (κ3) is 2.43. The van der Waals surface area contributed by atoms with Crippen LogP contribution in [0.2, 0.25) is 0 Å². The predicted molar refractivity (Wildman–Crippen MR) is 99.6 cm³/mol. The van der Waals surface area contributed by atoms with E-state index in [1.54, 1.807) is 17.6 Å². The number of nitrogens with two attached hydrogens (primary N) is 2. The molecule has 1 saturated heterocycles. The summed E-state index contributed by atoms with van der Waals surface area (Å²) < 4.78 is 17.3. The first-order chi connectivity index (χ1) is 12.3. The normalized spacial score (nSPS) is 21.5. The summed E-state index contributed by atoms with van der Waals surface area (Å²) in [7, 11) is 0. The molecular weight excluding hydrogens is 337 g/mol. The average Bonchev–Trinajstić information content (AvgIpc) is 3.30. The molecule has 0 amide bonds. The summed E-state index contributed by atoms with van der Waals surface area (Å²) in [5.41, 5.74) is 5.95. The van der Waals surface area contributed by atoms with Crippen LogP contribution in [-0.4, -0.2) is 28.4 Å². The van der Waals surface area contributed by atoms with Gasteiger partial charge in [-0.05, 0) is 45.1 Å². The van der Waals surface area contributed by atoms with Gasteiger partial charge in [0.25, 0.3) is 5.56 Å². The van der Waals surface area contributed by atoms with E-state index in [4.69, 9.17) is 11.6 Å². The molecule has 8 heteroatoms. The number of anilines is 1. The molecule has 7 nitrogen and oxygen atoms in total. The standard InChI is InChI=1S/C18H24FN5O2/c1-9-15-13(23(12-3-4-12)18(26)24(21)17(15)25)7-14(16(9)19)22-6-5-11(8-22)10(2)20/h7,10-12H,3-6,8,20-21H2,1-2H3/t10-,11+/m1/s1. The molecule has 0 unspecified atom stereocenters. The van der Waals surface area contributed by atoms with Crippen molar-refractivity contribution in [2.24, 2.45) is 11.7 Å². The van der Waals surface area contributed by atoms with E-state index >= 15 is 4.39 Å². The molecule has 2 aromatic rings. The molecule has 0 bridgehead atoms. The van der Waals surface area contributed by atoms with Crippen molar-refractivity contribution in [3.05, 3.63) is 38.3 Å². The van der Waals surface area contributed by atoms with Gasteiger partial charge in [-0.3, -0.25) is 9.36 Å². The number of hydrogen-bond donors (Lipinski definition) is 2. The van der Waals surface area contributed by atoms with Gasteiger partial charge in [0.1, 0.15) is 5.82 Å². The van der Waals surface area contributed by atoms with Crippen LogP contribution in [0.3, 0.4) is 0 Å². The topological polar surface area (TPSA) is 99.3 Å². The van der Waals surface area contributed by atoms with Gasteiger partial charge in [-0.1, -0.05) is 0 Å². The highest BCUT2D eigenvalue weighted by atomic mass is 19.1. The number of rotatable bonds is 3. The zero-order valence-corrected chi connectivity index (χ0v) is 15.0. The van der Waals surface area contributed by atoms with Crippen molar-refractivity contribution in [3.63, 3.8) is 0 Å². The summed E-state index contributed by atoms with van der Waals surface area (Å²) in [5, 5.41) is 0.184. The molecule has 140 valence electrons. The van der Waals surface area contributed by atoms with E-state index < -0.39 is 17.1 Å². The minimum Gasteiger partial charge on any atom is -0.369 e. The van der Waals surface area contributed by atoms with Crippen LogP contribution in [0.25, 0.3) is 10.9 Å². The van der Waals surface area contributed by atoms with Crippen LogP contribution in [0, 0.1) is 18.7 Å². The fraction of sp³-hybridized carbons (Fsp3) is 0.556. The van der Waals surface area contributed by atoms with Gasteiger partial charge in [-0.25, -0.2) is 9.18 Å². The Kier molecular flexibility index (Phi) is 3.83. The Morgan fingerprint density at radius 2 is 1.96 bits per heavy atom. The summed E-state index contributed by atoms with van der Waals surface area (Å²) in [6.07, 6.45) is 2.61. The average molecular weight is 361 g/mol. The summed E-state index contributed by atoms with van der Waals surface area (Å²) in [4.78, 5) is 27.0. The highest BCUT2D eigenvalue weighted by Crippen LogP contribution is 2.38. The Bertz CT molecular complexity index is 1010. The molecule has 2 fully saturated rings. The van der Waals surface area contributed by atoms with E-state index in [9.17, 15) is 9.59 Å². The van der Waals surface area contributed by atoms with Gasteiger partial charge in [0.15, 0.2) is 0 Å². The molecule has 0 radical (unpaired) electrons. The van der Waals surface area contributed by atoms with E-state index in [0.29, 0.717) is 34.9 Å². The predicted octanol–water partition coefficient (Wildman–Crippen LogP) is 0.833. The second-order valence-electron chi connectivity index (χ2n) is 7.64.